The molecule has 0 saturated carbocycles. The lowest BCUT2D eigenvalue weighted by atomic mass is 10.1. The third-order valence-electron chi connectivity index (χ3n) is 3.72. The first-order chi connectivity index (χ1) is 10.7. The second-order valence-corrected chi connectivity index (χ2v) is 6.75. The van der Waals surface area contributed by atoms with Gasteiger partial charge in [-0.05, 0) is 43.0 Å². The van der Waals surface area contributed by atoms with E-state index in [1.54, 1.807) is 6.20 Å². The third-order valence-corrected chi connectivity index (χ3v) is 4.58. The van der Waals surface area contributed by atoms with Gasteiger partial charge in [0.15, 0.2) is 6.29 Å². The van der Waals surface area contributed by atoms with E-state index in [-0.39, 0.29) is 12.4 Å². The number of imidazole rings is 1. The van der Waals surface area contributed by atoms with Crippen molar-refractivity contribution in [3.63, 3.8) is 0 Å². The number of rotatable bonds is 5. The smallest absolute Gasteiger partial charge is 0.158 e. The Hall–Kier alpha value is -0.880. The van der Waals surface area contributed by atoms with Crippen LogP contribution in [0.4, 0.5) is 0 Å². The number of hydrogen-bond acceptors (Lipinski definition) is 3. The number of hydrogen-bond donors (Lipinski definition) is 0. The fraction of sp³-hybridized carbons (Fsp3) is 0.438. The summed E-state index contributed by atoms with van der Waals surface area (Å²) in [6.45, 7) is 1.28. The Labute approximate surface area is 143 Å². The lowest BCUT2D eigenvalue weighted by molar-refractivity contribution is -0.201. The summed E-state index contributed by atoms with van der Waals surface area (Å²) in [6, 6.07) is 5.77. The average Bonchev–Trinajstić information content (AvgIpc) is 3.01. The van der Waals surface area contributed by atoms with Crippen molar-refractivity contribution in [2.45, 2.75) is 44.8 Å². The van der Waals surface area contributed by atoms with E-state index in [4.69, 9.17) is 21.1 Å². The van der Waals surface area contributed by atoms with E-state index < -0.39 is 0 Å². The SMILES string of the molecule is Clc1ccc(Br)cc1COC1CCCC(Cn2ccnc2)O1. The minimum absolute atomic E-state index is 0.169. The second kappa shape index (κ2) is 7.59. The number of benzene rings is 1. The molecule has 2 heterocycles. The van der Waals surface area contributed by atoms with Gasteiger partial charge in [-0.25, -0.2) is 4.98 Å². The largest absolute Gasteiger partial charge is 0.348 e. The molecule has 2 unspecified atom stereocenters. The molecule has 1 aromatic heterocycles. The number of aromatic nitrogens is 2. The monoisotopic (exact) mass is 384 g/mol. The van der Waals surface area contributed by atoms with Gasteiger partial charge < -0.3 is 14.0 Å². The molecule has 1 saturated heterocycles. The van der Waals surface area contributed by atoms with Crippen LogP contribution in [0.5, 0.6) is 0 Å². The lowest BCUT2D eigenvalue weighted by Gasteiger charge is -2.30. The Morgan fingerprint density at radius 1 is 1.41 bits per heavy atom. The van der Waals surface area contributed by atoms with Crippen LogP contribution >= 0.6 is 27.5 Å². The van der Waals surface area contributed by atoms with Gasteiger partial charge in [-0.3, -0.25) is 0 Å². The maximum atomic E-state index is 6.19. The van der Waals surface area contributed by atoms with Gasteiger partial charge in [0.25, 0.3) is 0 Å². The number of ether oxygens (including phenoxy) is 2. The molecule has 1 fully saturated rings. The zero-order valence-corrected chi connectivity index (χ0v) is 14.5. The standard InChI is InChI=1S/C16H18BrClN2O2/c17-13-4-5-15(18)12(8-13)10-21-16-3-1-2-14(22-16)9-20-7-6-19-11-20/h4-8,11,14,16H,1-3,9-10H2. The van der Waals surface area contributed by atoms with Gasteiger partial charge in [-0.15, -0.1) is 0 Å². The molecule has 0 N–H and O–H groups in total. The van der Waals surface area contributed by atoms with Gasteiger partial charge in [-0.2, -0.15) is 0 Å². The third kappa shape index (κ3) is 4.32. The molecule has 0 radical (unpaired) electrons. The zero-order valence-electron chi connectivity index (χ0n) is 12.1. The molecule has 0 aliphatic carbocycles. The Morgan fingerprint density at radius 3 is 3.14 bits per heavy atom. The highest BCUT2D eigenvalue weighted by Gasteiger charge is 2.23. The highest BCUT2D eigenvalue weighted by Crippen LogP contribution is 2.25. The van der Waals surface area contributed by atoms with Gasteiger partial charge in [0, 0.05) is 28.4 Å². The van der Waals surface area contributed by atoms with Crippen LogP contribution in [-0.4, -0.2) is 21.9 Å². The minimum atomic E-state index is -0.169. The summed E-state index contributed by atoms with van der Waals surface area (Å²) in [5.41, 5.74) is 0.969. The Balaban J connectivity index is 1.53. The van der Waals surface area contributed by atoms with Crippen molar-refractivity contribution in [2.75, 3.05) is 0 Å². The summed E-state index contributed by atoms with van der Waals surface area (Å²) < 4.78 is 15.0. The molecule has 2 atom stereocenters. The molecule has 0 spiro atoms. The van der Waals surface area contributed by atoms with Crippen molar-refractivity contribution in [3.05, 3.63) is 52.0 Å². The molecule has 118 valence electrons. The first-order valence-corrected chi connectivity index (χ1v) is 8.54. The van der Waals surface area contributed by atoms with Gasteiger partial charge in [0.1, 0.15) is 0 Å². The molecule has 3 rings (SSSR count). The van der Waals surface area contributed by atoms with Crippen molar-refractivity contribution in [1.29, 1.82) is 0 Å². The lowest BCUT2D eigenvalue weighted by Crippen LogP contribution is -2.32. The topological polar surface area (TPSA) is 36.3 Å². The van der Waals surface area contributed by atoms with E-state index >= 15 is 0 Å². The molecular formula is C16H18BrClN2O2. The molecule has 1 aliphatic heterocycles. The van der Waals surface area contributed by atoms with Crippen molar-refractivity contribution in [2.24, 2.45) is 0 Å². The second-order valence-electron chi connectivity index (χ2n) is 5.42. The maximum absolute atomic E-state index is 6.19. The van der Waals surface area contributed by atoms with Crippen LogP contribution in [0.15, 0.2) is 41.4 Å². The van der Waals surface area contributed by atoms with Crippen molar-refractivity contribution < 1.29 is 9.47 Å². The number of halogens is 2. The predicted octanol–water partition coefficient (Wildman–Crippen LogP) is 4.41. The van der Waals surface area contributed by atoms with Crippen molar-refractivity contribution >= 4 is 27.5 Å². The molecule has 0 amide bonds. The van der Waals surface area contributed by atoms with Gasteiger partial charge in [0.05, 0.1) is 19.0 Å². The Morgan fingerprint density at radius 2 is 2.32 bits per heavy atom. The highest BCUT2D eigenvalue weighted by molar-refractivity contribution is 9.10. The van der Waals surface area contributed by atoms with Crippen LogP contribution in [0.1, 0.15) is 24.8 Å². The van der Waals surface area contributed by atoms with E-state index in [1.807, 2.05) is 35.3 Å². The predicted molar refractivity (Wildman–Crippen MR) is 88.7 cm³/mol. The first-order valence-electron chi connectivity index (χ1n) is 7.37. The molecule has 6 heteroatoms. The molecule has 1 aromatic carbocycles. The quantitative estimate of drug-likeness (QED) is 0.765. The Kier molecular flexibility index (Phi) is 5.52. The first kappa shape index (κ1) is 16.0. The van der Waals surface area contributed by atoms with E-state index in [0.717, 1.165) is 35.8 Å². The average molecular weight is 386 g/mol. The molecule has 22 heavy (non-hydrogen) atoms. The normalized spacial score (nSPS) is 21.9. The fourth-order valence-electron chi connectivity index (χ4n) is 2.59. The summed E-state index contributed by atoms with van der Waals surface area (Å²) in [4.78, 5) is 4.06. The summed E-state index contributed by atoms with van der Waals surface area (Å²) in [7, 11) is 0. The van der Waals surface area contributed by atoms with Crippen LogP contribution in [0.25, 0.3) is 0 Å². The maximum Gasteiger partial charge on any atom is 0.158 e. The number of nitrogens with zero attached hydrogens (tertiary/aromatic N) is 2. The fourth-order valence-corrected chi connectivity index (χ4v) is 3.17. The zero-order chi connectivity index (χ0) is 15.4. The molecule has 4 nitrogen and oxygen atoms in total. The highest BCUT2D eigenvalue weighted by atomic mass is 79.9. The van der Waals surface area contributed by atoms with Gasteiger partial charge in [0.2, 0.25) is 0 Å². The minimum Gasteiger partial charge on any atom is -0.348 e. The molecular weight excluding hydrogens is 368 g/mol. The van der Waals surface area contributed by atoms with Gasteiger partial charge >= 0.3 is 0 Å². The van der Waals surface area contributed by atoms with E-state index in [2.05, 4.69) is 20.9 Å². The summed E-state index contributed by atoms with van der Waals surface area (Å²) in [6.07, 6.45) is 8.64. The molecule has 1 aliphatic rings. The molecule has 2 aromatic rings. The summed E-state index contributed by atoms with van der Waals surface area (Å²) in [5, 5.41) is 0.717. The van der Waals surface area contributed by atoms with Crippen LogP contribution in [0.3, 0.4) is 0 Å². The van der Waals surface area contributed by atoms with E-state index in [1.165, 1.54) is 0 Å². The Bertz CT molecular complexity index is 606. The van der Waals surface area contributed by atoms with Crippen LogP contribution in [0, 0.1) is 0 Å². The van der Waals surface area contributed by atoms with Gasteiger partial charge in [-0.1, -0.05) is 27.5 Å². The van der Waals surface area contributed by atoms with Crippen LogP contribution in [-0.2, 0) is 22.6 Å². The summed E-state index contributed by atoms with van der Waals surface area (Å²) in [5.74, 6) is 0. The molecule has 0 bridgehead atoms. The van der Waals surface area contributed by atoms with Crippen LogP contribution < -0.4 is 0 Å². The van der Waals surface area contributed by atoms with E-state index in [9.17, 15) is 0 Å². The van der Waals surface area contributed by atoms with Crippen LogP contribution in [0.2, 0.25) is 5.02 Å². The van der Waals surface area contributed by atoms with E-state index in [0.29, 0.717) is 11.6 Å². The van der Waals surface area contributed by atoms with Crippen molar-refractivity contribution in [1.82, 2.24) is 9.55 Å². The summed E-state index contributed by atoms with van der Waals surface area (Å²) >= 11 is 9.64. The van der Waals surface area contributed by atoms with Crippen molar-refractivity contribution in [3.8, 4) is 0 Å².